The molecule has 1 atom stereocenters. The molecule has 2 aromatic heterocycles. The van der Waals surface area contributed by atoms with Crippen LogP contribution in [0.15, 0.2) is 52.2 Å². The van der Waals surface area contributed by atoms with E-state index in [4.69, 9.17) is 10.2 Å². The molecular weight excluding hydrogens is 450 g/mol. The molecule has 1 aliphatic heterocycles. The second-order valence-corrected chi connectivity index (χ2v) is 8.33. The maximum absolute atomic E-state index is 12.1. The summed E-state index contributed by atoms with van der Waals surface area (Å²) in [5, 5.41) is 17.7. The molecule has 2 N–H and O–H groups in total. The van der Waals surface area contributed by atoms with Crippen LogP contribution < -0.4 is 10.6 Å². The first-order valence-electron chi connectivity index (χ1n) is 8.83. The smallest absolute Gasteiger partial charge is 0.319 e. The van der Waals surface area contributed by atoms with E-state index in [9.17, 15) is 4.79 Å². The molecule has 0 fully saturated rings. The fourth-order valence-corrected chi connectivity index (χ4v) is 4.51. The van der Waals surface area contributed by atoms with Gasteiger partial charge in [-0.3, -0.25) is 0 Å². The van der Waals surface area contributed by atoms with Crippen LogP contribution in [0.25, 0.3) is 16.8 Å². The molecule has 2 amide bonds. The number of carbonyl (C=O) groups is 1. The van der Waals surface area contributed by atoms with Gasteiger partial charge in [0.05, 0.1) is 23.4 Å². The Kier molecular flexibility index (Phi) is 5.18. The zero-order valence-corrected chi connectivity index (χ0v) is 18.1. The molecule has 1 aromatic carbocycles. The Morgan fingerprint density at radius 2 is 2.07 bits per heavy atom. The quantitative estimate of drug-likeness (QED) is 0.536. The molecule has 29 heavy (non-hydrogen) atoms. The Hall–Kier alpha value is -3.02. The van der Waals surface area contributed by atoms with Crippen LogP contribution in [0.2, 0.25) is 0 Å². The molecule has 3 aromatic rings. The summed E-state index contributed by atoms with van der Waals surface area (Å²) in [6.45, 7) is 3.85. The number of hydrogen-bond acceptors (Lipinski definition) is 5. The van der Waals surface area contributed by atoms with Crippen molar-refractivity contribution in [2.75, 3.05) is 0 Å². The summed E-state index contributed by atoms with van der Waals surface area (Å²) < 4.78 is 0.733. The number of halogens is 1. The van der Waals surface area contributed by atoms with Gasteiger partial charge in [-0.2, -0.15) is 5.26 Å². The maximum atomic E-state index is 12.1. The first kappa shape index (κ1) is 19.3. The fourth-order valence-electron chi connectivity index (χ4n) is 3.33. The highest BCUT2D eigenvalue weighted by molar-refractivity contribution is 9.10. The molecule has 6 nitrogen and oxygen atoms in total. The van der Waals surface area contributed by atoms with Gasteiger partial charge in [0.15, 0.2) is 0 Å². The molecule has 1 aliphatic rings. The summed E-state index contributed by atoms with van der Waals surface area (Å²) in [5.41, 5.74) is 6.01. The highest BCUT2D eigenvalue weighted by atomic mass is 79.9. The van der Waals surface area contributed by atoms with E-state index >= 15 is 0 Å². The van der Waals surface area contributed by atoms with E-state index in [0.29, 0.717) is 5.56 Å². The van der Waals surface area contributed by atoms with Crippen LogP contribution in [0.5, 0.6) is 0 Å². The molecule has 8 heteroatoms. The summed E-state index contributed by atoms with van der Waals surface area (Å²) in [5.74, 6) is 0. The number of benzene rings is 1. The van der Waals surface area contributed by atoms with Crippen LogP contribution in [-0.2, 0) is 0 Å². The normalized spacial score (nSPS) is 16.2. The third-order valence-corrected chi connectivity index (χ3v) is 6.06. The third kappa shape index (κ3) is 3.79. The first-order chi connectivity index (χ1) is 14.0. The van der Waals surface area contributed by atoms with Gasteiger partial charge in [0, 0.05) is 28.4 Å². The first-order valence-corrected chi connectivity index (χ1v) is 10.5. The summed E-state index contributed by atoms with van der Waals surface area (Å²) in [6, 6.07) is 10.9. The van der Waals surface area contributed by atoms with Gasteiger partial charge in [-0.25, -0.2) is 14.8 Å². The topological polar surface area (TPSA) is 90.7 Å². The number of allylic oxidation sites excluding steroid dienone is 1. The number of nitriles is 1. The molecule has 144 valence electrons. The maximum Gasteiger partial charge on any atom is 0.319 e. The van der Waals surface area contributed by atoms with Gasteiger partial charge < -0.3 is 10.6 Å². The van der Waals surface area contributed by atoms with Crippen molar-refractivity contribution in [2.24, 2.45) is 0 Å². The van der Waals surface area contributed by atoms with E-state index in [1.165, 1.54) is 11.3 Å². The number of aromatic nitrogens is 2. The molecule has 0 saturated carbocycles. The molecule has 0 saturated heterocycles. The number of thiazole rings is 1. The lowest BCUT2D eigenvalue weighted by atomic mass is 9.97. The average Bonchev–Trinajstić information content (AvgIpc) is 3.17. The van der Waals surface area contributed by atoms with Crippen LogP contribution in [0.1, 0.15) is 34.7 Å². The summed E-state index contributed by atoms with van der Waals surface area (Å²) >= 11 is 4.87. The minimum atomic E-state index is -0.342. The minimum absolute atomic E-state index is 0.251. The average molecular weight is 466 g/mol. The summed E-state index contributed by atoms with van der Waals surface area (Å²) in [6.07, 6.45) is 1.74. The zero-order chi connectivity index (χ0) is 20.5. The van der Waals surface area contributed by atoms with Crippen molar-refractivity contribution in [3.63, 3.8) is 0 Å². The Labute approximate surface area is 180 Å². The van der Waals surface area contributed by atoms with Crippen LogP contribution in [0.3, 0.4) is 0 Å². The SMILES string of the molecule is CC1=C(c2nc(-c3ccc(C#N)cc3C)cs2)C(c2ccc(Br)nc2)NC(=O)N1. The number of aryl methyl sites for hydroxylation is 1. The van der Waals surface area contributed by atoms with E-state index < -0.39 is 0 Å². The van der Waals surface area contributed by atoms with Gasteiger partial charge in [0.2, 0.25) is 0 Å². The Bertz CT molecular complexity index is 1180. The standard InChI is InChI=1S/C21H16BrN5OS/c1-11-7-13(8-23)3-5-15(11)16-10-29-20(26-16)18-12(2)25-21(28)27-19(18)14-4-6-17(22)24-9-14/h3-7,9-10,19H,1-2H3,(H2,25,27,28). The van der Waals surface area contributed by atoms with Crippen molar-refractivity contribution in [3.05, 3.63) is 73.9 Å². The van der Waals surface area contributed by atoms with Crippen molar-refractivity contribution in [2.45, 2.75) is 19.9 Å². The van der Waals surface area contributed by atoms with Gasteiger partial charge in [0.25, 0.3) is 0 Å². The molecule has 4 rings (SSSR count). The van der Waals surface area contributed by atoms with E-state index in [1.54, 1.807) is 12.3 Å². The molecule has 1 unspecified atom stereocenters. The van der Waals surface area contributed by atoms with E-state index in [-0.39, 0.29) is 12.1 Å². The minimum Gasteiger partial charge on any atom is -0.327 e. The Balaban J connectivity index is 1.76. The molecule has 3 heterocycles. The number of amides is 2. The molecular formula is C21H16BrN5OS. The number of hydrogen-bond donors (Lipinski definition) is 2. The summed E-state index contributed by atoms with van der Waals surface area (Å²) in [4.78, 5) is 21.2. The Morgan fingerprint density at radius 3 is 2.76 bits per heavy atom. The lowest BCUT2D eigenvalue weighted by Gasteiger charge is -2.28. The van der Waals surface area contributed by atoms with E-state index in [0.717, 1.165) is 43.3 Å². The number of pyridine rings is 1. The van der Waals surface area contributed by atoms with Gasteiger partial charge in [-0.05, 0) is 59.1 Å². The number of carbonyl (C=O) groups excluding carboxylic acids is 1. The van der Waals surface area contributed by atoms with Crippen molar-refractivity contribution in [1.29, 1.82) is 5.26 Å². The Morgan fingerprint density at radius 1 is 1.24 bits per heavy atom. The van der Waals surface area contributed by atoms with Crippen molar-refractivity contribution in [1.82, 2.24) is 20.6 Å². The second kappa shape index (κ2) is 7.78. The largest absolute Gasteiger partial charge is 0.327 e. The van der Waals surface area contributed by atoms with Crippen LogP contribution in [-0.4, -0.2) is 16.0 Å². The van der Waals surface area contributed by atoms with Crippen LogP contribution in [0.4, 0.5) is 4.79 Å². The zero-order valence-electron chi connectivity index (χ0n) is 15.7. The predicted octanol–water partition coefficient (Wildman–Crippen LogP) is 4.93. The monoisotopic (exact) mass is 465 g/mol. The van der Waals surface area contributed by atoms with Gasteiger partial charge in [-0.15, -0.1) is 11.3 Å². The molecule has 0 aliphatic carbocycles. The van der Waals surface area contributed by atoms with Gasteiger partial charge in [-0.1, -0.05) is 12.1 Å². The number of nitrogens with one attached hydrogen (secondary N) is 2. The van der Waals surface area contributed by atoms with Gasteiger partial charge in [0.1, 0.15) is 9.61 Å². The lowest BCUT2D eigenvalue weighted by molar-refractivity contribution is 0.240. The number of rotatable bonds is 3. The number of nitrogens with zero attached hydrogens (tertiary/aromatic N) is 3. The highest BCUT2D eigenvalue weighted by Crippen LogP contribution is 2.37. The highest BCUT2D eigenvalue weighted by Gasteiger charge is 2.29. The van der Waals surface area contributed by atoms with E-state index in [1.807, 2.05) is 43.5 Å². The molecule has 0 radical (unpaired) electrons. The summed E-state index contributed by atoms with van der Waals surface area (Å²) in [7, 11) is 0. The second-order valence-electron chi connectivity index (χ2n) is 6.66. The molecule has 0 spiro atoms. The fraction of sp³-hybridized carbons (Fsp3) is 0.143. The van der Waals surface area contributed by atoms with E-state index in [2.05, 4.69) is 37.6 Å². The number of urea groups is 1. The predicted molar refractivity (Wildman–Crippen MR) is 116 cm³/mol. The van der Waals surface area contributed by atoms with Crippen LogP contribution >= 0.6 is 27.3 Å². The third-order valence-electron chi connectivity index (χ3n) is 4.72. The van der Waals surface area contributed by atoms with Gasteiger partial charge >= 0.3 is 6.03 Å². The van der Waals surface area contributed by atoms with Crippen LogP contribution in [0, 0.1) is 18.3 Å². The van der Waals surface area contributed by atoms with Crippen molar-refractivity contribution >= 4 is 38.9 Å². The van der Waals surface area contributed by atoms with Crippen molar-refractivity contribution < 1.29 is 4.79 Å². The lowest BCUT2D eigenvalue weighted by Crippen LogP contribution is -2.42. The van der Waals surface area contributed by atoms with Crippen molar-refractivity contribution in [3.8, 4) is 17.3 Å². The molecule has 0 bridgehead atoms.